The predicted octanol–water partition coefficient (Wildman–Crippen LogP) is 1.40. The number of hydrogen-bond acceptors (Lipinski definition) is 5. The van der Waals surface area contributed by atoms with Gasteiger partial charge in [0, 0.05) is 25.3 Å². The summed E-state index contributed by atoms with van der Waals surface area (Å²) in [6.45, 7) is 3.24. The fraction of sp³-hybridized carbons (Fsp3) is 0.769. The van der Waals surface area contributed by atoms with E-state index in [-0.39, 0.29) is 18.3 Å². The maximum Gasteiger partial charge on any atom is 0.226 e. The van der Waals surface area contributed by atoms with Crippen molar-refractivity contribution >= 4 is 18.3 Å². The molecule has 114 valence electrons. The second-order valence-electron chi connectivity index (χ2n) is 5.32. The molecular weight excluding hydrogens is 280 g/mol. The van der Waals surface area contributed by atoms with E-state index >= 15 is 0 Å². The molecule has 1 heterocycles. The molecule has 1 aliphatic carbocycles. The van der Waals surface area contributed by atoms with Gasteiger partial charge >= 0.3 is 0 Å². The molecule has 1 fully saturated rings. The van der Waals surface area contributed by atoms with Crippen LogP contribution in [0.5, 0.6) is 0 Å². The molecular formula is C13H23ClN4O2. The number of amides is 1. The Morgan fingerprint density at radius 2 is 2.30 bits per heavy atom. The summed E-state index contributed by atoms with van der Waals surface area (Å²) in [5.74, 6) is 2.36. The summed E-state index contributed by atoms with van der Waals surface area (Å²) in [7, 11) is 0. The van der Waals surface area contributed by atoms with Gasteiger partial charge in [0.15, 0.2) is 5.82 Å². The Hall–Kier alpha value is -1.14. The second kappa shape index (κ2) is 8.21. The zero-order chi connectivity index (χ0) is 13.7. The van der Waals surface area contributed by atoms with Crippen LogP contribution in [0.25, 0.3) is 0 Å². The number of carbonyl (C=O) groups is 1. The molecule has 1 aliphatic rings. The Morgan fingerprint density at radius 3 is 2.95 bits per heavy atom. The van der Waals surface area contributed by atoms with E-state index in [0.29, 0.717) is 43.7 Å². The molecule has 0 aliphatic heterocycles. The summed E-state index contributed by atoms with van der Waals surface area (Å²) < 4.78 is 5.15. The molecule has 1 saturated carbocycles. The third-order valence-electron chi connectivity index (χ3n) is 3.27. The lowest BCUT2D eigenvalue weighted by atomic mass is 10.2. The predicted molar refractivity (Wildman–Crippen MR) is 77.7 cm³/mol. The van der Waals surface area contributed by atoms with Crippen molar-refractivity contribution in [3.05, 3.63) is 11.7 Å². The highest BCUT2D eigenvalue weighted by Crippen LogP contribution is 2.38. The molecule has 20 heavy (non-hydrogen) atoms. The minimum atomic E-state index is 0. The van der Waals surface area contributed by atoms with Crippen LogP contribution in [0.1, 0.15) is 50.2 Å². The maximum atomic E-state index is 11.6. The summed E-state index contributed by atoms with van der Waals surface area (Å²) in [4.78, 5) is 15.9. The molecule has 3 N–H and O–H groups in total. The van der Waals surface area contributed by atoms with E-state index in [2.05, 4.69) is 15.5 Å². The normalized spacial score (nSPS) is 15.5. The average molecular weight is 303 g/mol. The fourth-order valence-corrected chi connectivity index (χ4v) is 1.74. The summed E-state index contributed by atoms with van der Waals surface area (Å²) in [5, 5.41) is 6.81. The van der Waals surface area contributed by atoms with Crippen LogP contribution >= 0.6 is 12.4 Å². The number of nitrogens with two attached hydrogens (primary N) is 1. The van der Waals surface area contributed by atoms with Crippen LogP contribution in [0.15, 0.2) is 4.52 Å². The molecule has 0 bridgehead atoms. The van der Waals surface area contributed by atoms with Crippen molar-refractivity contribution in [3.8, 4) is 0 Å². The summed E-state index contributed by atoms with van der Waals surface area (Å²) >= 11 is 0. The average Bonchev–Trinajstić information content (AvgIpc) is 3.16. The Balaban J connectivity index is 0.00000200. The summed E-state index contributed by atoms with van der Waals surface area (Å²) in [5.41, 5.74) is 5.49. The highest BCUT2D eigenvalue weighted by molar-refractivity contribution is 5.85. The quantitative estimate of drug-likeness (QED) is 0.757. The largest absolute Gasteiger partial charge is 0.356 e. The molecule has 6 nitrogen and oxygen atoms in total. The number of halogens is 1. The Bertz CT molecular complexity index is 420. The number of carbonyl (C=O) groups excluding carboxylic acids is 1. The molecule has 7 heteroatoms. The molecule has 1 aromatic rings. The van der Waals surface area contributed by atoms with E-state index in [1.807, 2.05) is 6.92 Å². The number of rotatable bonds is 8. The van der Waals surface area contributed by atoms with Crippen LogP contribution in [0.2, 0.25) is 0 Å². The fourth-order valence-electron chi connectivity index (χ4n) is 1.74. The summed E-state index contributed by atoms with van der Waals surface area (Å²) in [6, 6.07) is 0. The SMILES string of the molecule is CC(CN)CNC(=O)CCCc1nc(C2CC2)no1.Cl. The topological polar surface area (TPSA) is 94.0 Å². The van der Waals surface area contributed by atoms with Crippen LogP contribution < -0.4 is 11.1 Å². The molecule has 1 amide bonds. The van der Waals surface area contributed by atoms with Gasteiger partial charge in [0.25, 0.3) is 0 Å². The van der Waals surface area contributed by atoms with Crippen LogP contribution in [-0.4, -0.2) is 29.1 Å². The third kappa shape index (κ3) is 5.46. The first-order valence-corrected chi connectivity index (χ1v) is 6.98. The first-order chi connectivity index (χ1) is 9.19. The highest BCUT2D eigenvalue weighted by Gasteiger charge is 2.28. The minimum absolute atomic E-state index is 0. The van der Waals surface area contributed by atoms with Gasteiger partial charge < -0.3 is 15.6 Å². The van der Waals surface area contributed by atoms with Crippen LogP contribution in [0.4, 0.5) is 0 Å². The zero-order valence-electron chi connectivity index (χ0n) is 11.8. The number of hydrogen-bond donors (Lipinski definition) is 2. The monoisotopic (exact) mass is 302 g/mol. The molecule has 1 unspecified atom stereocenters. The van der Waals surface area contributed by atoms with Crippen molar-refractivity contribution in [2.45, 2.75) is 44.9 Å². The van der Waals surface area contributed by atoms with Gasteiger partial charge in [-0.15, -0.1) is 12.4 Å². The van der Waals surface area contributed by atoms with Crippen LogP contribution in [0.3, 0.4) is 0 Å². The Labute approximate surface area is 125 Å². The van der Waals surface area contributed by atoms with E-state index in [0.717, 1.165) is 12.2 Å². The lowest BCUT2D eigenvalue weighted by Gasteiger charge is -2.09. The first kappa shape index (κ1) is 16.9. The number of aryl methyl sites for hydroxylation is 1. The molecule has 0 spiro atoms. The van der Waals surface area contributed by atoms with Crippen molar-refractivity contribution in [1.29, 1.82) is 0 Å². The van der Waals surface area contributed by atoms with Gasteiger partial charge in [-0.3, -0.25) is 4.79 Å². The van der Waals surface area contributed by atoms with Crippen molar-refractivity contribution < 1.29 is 9.32 Å². The van der Waals surface area contributed by atoms with E-state index < -0.39 is 0 Å². The lowest BCUT2D eigenvalue weighted by molar-refractivity contribution is -0.121. The van der Waals surface area contributed by atoms with Crippen molar-refractivity contribution in [3.63, 3.8) is 0 Å². The molecule has 0 radical (unpaired) electrons. The van der Waals surface area contributed by atoms with E-state index in [1.54, 1.807) is 0 Å². The van der Waals surface area contributed by atoms with Crippen molar-refractivity contribution in [2.75, 3.05) is 13.1 Å². The standard InChI is InChI=1S/C13H22N4O2.ClH/c1-9(7-14)8-15-11(18)3-2-4-12-16-13(17-19-12)10-5-6-10;/h9-10H,2-8,14H2,1H3,(H,15,18);1H. The molecule has 0 saturated heterocycles. The molecule has 1 atom stereocenters. The van der Waals surface area contributed by atoms with E-state index in [1.165, 1.54) is 12.8 Å². The maximum absolute atomic E-state index is 11.6. The van der Waals surface area contributed by atoms with Crippen molar-refractivity contribution in [1.82, 2.24) is 15.5 Å². The van der Waals surface area contributed by atoms with Gasteiger partial charge in [-0.05, 0) is 31.7 Å². The minimum Gasteiger partial charge on any atom is -0.356 e. The molecule has 1 aromatic heterocycles. The molecule has 0 aromatic carbocycles. The van der Waals surface area contributed by atoms with Gasteiger partial charge in [-0.25, -0.2) is 0 Å². The zero-order valence-corrected chi connectivity index (χ0v) is 12.6. The lowest BCUT2D eigenvalue weighted by Crippen LogP contribution is -2.31. The van der Waals surface area contributed by atoms with E-state index in [4.69, 9.17) is 10.3 Å². The second-order valence-corrected chi connectivity index (χ2v) is 5.32. The van der Waals surface area contributed by atoms with Gasteiger partial charge in [0.1, 0.15) is 0 Å². The van der Waals surface area contributed by atoms with Crippen LogP contribution in [0, 0.1) is 5.92 Å². The Kier molecular flexibility index (Phi) is 6.95. The van der Waals surface area contributed by atoms with Gasteiger partial charge in [-0.1, -0.05) is 12.1 Å². The summed E-state index contributed by atoms with van der Waals surface area (Å²) in [6.07, 6.45) is 4.22. The van der Waals surface area contributed by atoms with Crippen LogP contribution in [-0.2, 0) is 11.2 Å². The van der Waals surface area contributed by atoms with Gasteiger partial charge in [-0.2, -0.15) is 4.98 Å². The number of nitrogens with zero attached hydrogens (tertiary/aromatic N) is 2. The number of aromatic nitrogens is 2. The Morgan fingerprint density at radius 1 is 1.55 bits per heavy atom. The number of nitrogens with one attached hydrogen (secondary N) is 1. The smallest absolute Gasteiger partial charge is 0.226 e. The van der Waals surface area contributed by atoms with Crippen molar-refractivity contribution in [2.24, 2.45) is 11.7 Å². The first-order valence-electron chi connectivity index (χ1n) is 6.98. The molecule has 2 rings (SSSR count). The van der Waals surface area contributed by atoms with Gasteiger partial charge in [0.05, 0.1) is 0 Å². The highest BCUT2D eigenvalue weighted by atomic mass is 35.5. The van der Waals surface area contributed by atoms with E-state index in [9.17, 15) is 4.79 Å². The third-order valence-corrected chi connectivity index (χ3v) is 3.27. The van der Waals surface area contributed by atoms with Gasteiger partial charge in [0.2, 0.25) is 11.8 Å².